The van der Waals surface area contributed by atoms with Crippen LogP contribution in [0.4, 0.5) is 0 Å². The zero-order valence-corrected chi connectivity index (χ0v) is 17.1. The number of hydrogen-bond donors (Lipinski definition) is 0. The van der Waals surface area contributed by atoms with E-state index >= 15 is 0 Å². The van der Waals surface area contributed by atoms with Crippen LogP contribution in [-0.2, 0) is 22.4 Å². The van der Waals surface area contributed by atoms with E-state index in [1.165, 1.54) is 15.9 Å². The van der Waals surface area contributed by atoms with Crippen molar-refractivity contribution in [3.8, 4) is 0 Å². The molecule has 0 aromatic heterocycles. The molecule has 25 heavy (non-hydrogen) atoms. The van der Waals surface area contributed by atoms with E-state index in [0.29, 0.717) is 0 Å². The largest absolute Gasteiger partial charge is 0 e. The van der Waals surface area contributed by atoms with Gasteiger partial charge in [0.05, 0.1) is 0 Å². The van der Waals surface area contributed by atoms with Gasteiger partial charge < -0.3 is 0 Å². The van der Waals surface area contributed by atoms with Gasteiger partial charge in [-0.2, -0.15) is 0 Å². The zero-order valence-electron chi connectivity index (χ0n) is 13.9. The van der Waals surface area contributed by atoms with Gasteiger partial charge in [-0.25, -0.2) is 0 Å². The first kappa shape index (κ1) is 18.1. The molecule has 0 atom stereocenters. The monoisotopic (exact) mass is 525 g/mol. The van der Waals surface area contributed by atoms with Crippen molar-refractivity contribution in [2.45, 2.75) is 6.42 Å². The first-order valence-corrected chi connectivity index (χ1v) is 10.4. The summed E-state index contributed by atoms with van der Waals surface area (Å²) in [6.45, 7) is 0. The van der Waals surface area contributed by atoms with E-state index in [2.05, 4.69) is 109 Å². The number of benzene rings is 3. The van der Waals surface area contributed by atoms with E-state index in [1.54, 1.807) is 5.31 Å². The van der Waals surface area contributed by atoms with Gasteiger partial charge in [-0.05, 0) is 0 Å². The summed E-state index contributed by atoms with van der Waals surface area (Å²) in [5.41, 5.74) is 0. The van der Waals surface area contributed by atoms with E-state index in [9.17, 15) is 0 Å². The average Bonchev–Trinajstić information content (AvgIpc) is 3.20. The van der Waals surface area contributed by atoms with Crippen LogP contribution < -0.4 is 15.9 Å². The van der Waals surface area contributed by atoms with Gasteiger partial charge in [-0.1, -0.05) is 0 Å². The van der Waals surface area contributed by atoms with Crippen molar-refractivity contribution in [2.24, 2.45) is 0 Å². The topological polar surface area (TPSA) is 0 Å². The number of hydrogen-bond acceptors (Lipinski definition) is 0. The van der Waals surface area contributed by atoms with Gasteiger partial charge in [0.1, 0.15) is 0 Å². The molecule has 3 aromatic rings. The van der Waals surface area contributed by atoms with Crippen molar-refractivity contribution in [3.63, 3.8) is 0 Å². The molecule has 3 aromatic carbocycles. The van der Waals surface area contributed by atoms with Gasteiger partial charge in [0.25, 0.3) is 0 Å². The second kappa shape index (κ2) is 8.13. The Kier molecular flexibility index (Phi) is 5.89. The SMILES string of the molecule is C1=CCC([PH](c2ccccc2)(c2ccccc2)c2ccccc2)=C1.[Au]. The summed E-state index contributed by atoms with van der Waals surface area (Å²) in [6.07, 6.45) is 7.89. The Hall–Kier alpha value is -1.69. The third kappa shape index (κ3) is 3.24. The van der Waals surface area contributed by atoms with Crippen LogP contribution in [0.3, 0.4) is 0 Å². The average molecular weight is 525 g/mol. The summed E-state index contributed by atoms with van der Waals surface area (Å²) in [5.74, 6) is 0. The molecular weight excluding hydrogens is 504 g/mol. The van der Waals surface area contributed by atoms with Crippen LogP contribution in [0.1, 0.15) is 6.42 Å². The normalized spacial score (nSPS) is 13.8. The Balaban J connectivity index is 0.00000182. The molecule has 1 radical (unpaired) electrons. The molecule has 0 fully saturated rings. The molecular formula is C23H21AuP. The second-order valence-corrected chi connectivity index (χ2v) is 10.0. The van der Waals surface area contributed by atoms with Gasteiger partial charge in [0.2, 0.25) is 0 Å². The summed E-state index contributed by atoms with van der Waals surface area (Å²) in [4.78, 5) is 0. The fourth-order valence-corrected chi connectivity index (χ4v) is 8.81. The minimum Gasteiger partial charge on any atom is 0 e. The third-order valence-electron chi connectivity index (χ3n) is 4.87. The molecule has 0 unspecified atom stereocenters. The molecule has 0 amide bonds. The quantitative estimate of drug-likeness (QED) is 0.347. The van der Waals surface area contributed by atoms with Gasteiger partial charge >= 0.3 is 144 Å². The number of allylic oxidation sites excluding steroid dienone is 4. The summed E-state index contributed by atoms with van der Waals surface area (Å²) >= 11 is 0. The summed E-state index contributed by atoms with van der Waals surface area (Å²) in [6, 6.07) is 33.2. The molecule has 0 spiro atoms. The van der Waals surface area contributed by atoms with Crippen LogP contribution in [-0.4, -0.2) is 0 Å². The molecule has 1 aliphatic carbocycles. The van der Waals surface area contributed by atoms with Crippen molar-refractivity contribution in [2.75, 3.05) is 0 Å². The van der Waals surface area contributed by atoms with Crippen LogP contribution in [0.15, 0.2) is 115 Å². The minimum absolute atomic E-state index is 0. The molecule has 129 valence electrons. The van der Waals surface area contributed by atoms with Gasteiger partial charge in [-0.3, -0.25) is 0 Å². The fourth-order valence-electron chi connectivity index (χ4n) is 3.85. The van der Waals surface area contributed by atoms with Crippen molar-refractivity contribution in [1.29, 1.82) is 0 Å². The van der Waals surface area contributed by atoms with Crippen LogP contribution in [0.2, 0.25) is 0 Å². The van der Waals surface area contributed by atoms with Crippen molar-refractivity contribution in [1.82, 2.24) is 0 Å². The molecule has 0 saturated heterocycles. The van der Waals surface area contributed by atoms with Crippen molar-refractivity contribution in [3.05, 3.63) is 115 Å². The molecule has 1 aliphatic rings. The molecule has 2 heteroatoms. The maximum absolute atomic E-state index is 2.35. The van der Waals surface area contributed by atoms with E-state index in [0.717, 1.165) is 6.42 Å². The Bertz CT molecular complexity index is 771. The smallest absolute Gasteiger partial charge is 0 e. The molecule has 0 aliphatic heterocycles. The molecule has 0 bridgehead atoms. The molecule has 0 nitrogen and oxygen atoms in total. The Morgan fingerprint density at radius 1 is 0.560 bits per heavy atom. The second-order valence-electron chi connectivity index (χ2n) is 6.17. The van der Waals surface area contributed by atoms with E-state index in [-0.39, 0.29) is 22.4 Å². The van der Waals surface area contributed by atoms with Crippen molar-refractivity contribution < 1.29 is 22.4 Å². The molecule has 0 heterocycles. The first-order chi connectivity index (χ1) is 11.9. The van der Waals surface area contributed by atoms with E-state index in [1.807, 2.05) is 0 Å². The Morgan fingerprint density at radius 2 is 0.960 bits per heavy atom. The number of rotatable bonds is 4. The maximum atomic E-state index is 2.35. The first-order valence-electron chi connectivity index (χ1n) is 8.45. The third-order valence-corrected chi connectivity index (χ3v) is 9.81. The van der Waals surface area contributed by atoms with E-state index in [4.69, 9.17) is 0 Å². The van der Waals surface area contributed by atoms with Crippen LogP contribution >= 0.6 is 7.26 Å². The van der Waals surface area contributed by atoms with Crippen LogP contribution in [0.25, 0.3) is 0 Å². The summed E-state index contributed by atoms with van der Waals surface area (Å²) < 4.78 is 0. The minimum atomic E-state index is -2.19. The van der Waals surface area contributed by atoms with Crippen LogP contribution in [0, 0.1) is 0 Å². The van der Waals surface area contributed by atoms with E-state index < -0.39 is 7.26 Å². The predicted molar refractivity (Wildman–Crippen MR) is 108 cm³/mol. The summed E-state index contributed by atoms with van der Waals surface area (Å²) in [7, 11) is -2.19. The predicted octanol–water partition coefficient (Wildman–Crippen LogP) is 4.55. The maximum Gasteiger partial charge on any atom is 0 e. The zero-order chi connectivity index (χ0) is 16.2. The van der Waals surface area contributed by atoms with Gasteiger partial charge in [0.15, 0.2) is 0 Å². The summed E-state index contributed by atoms with van der Waals surface area (Å²) in [5, 5.41) is 5.93. The van der Waals surface area contributed by atoms with Gasteiger partial charge in [-0.15, -0.1) is 0 Å². The van der Waals surface area contributed by atoms with Crippen molar-refractivity contribution >= 4 is 23.2 Å². The van der Waals surface area contributed by atoms with Crippen LogP contribution in [0.5, 0.6) is 0 Å². The standard InChI is InChI=1S/C23H21P.Au/c1-4-12-20(13-5-1)24(23-18-10-11-19-23,21-14-6-2-7-15-21)22-16-8-3-9-17-22;/h1-18,24H,19H2;. The Morgan fingerprint density at radius 3 is 1.28 bits per heavy atom. The molecule has 0 saturated carbocycles. The molecule has 4 rings (SSSR count). The van der Waals surface area contributed by atoms with Gasteiger partial charge in [0, 0.05) is 22.4 Å². The molecule has 0 N–H and O–H groups in total. The fraction of sp³-hybridized carbons (Fsp3) is 0.0435. The Labute approximate surface area is 166 Å².